The summed E-state index contributed by atoms with van der Waals surface area (Å²) in [6.45, 7) is 11.7. The molecule has 0 aliphatic heterocycles. The number of allylic oxidation sites excluding steroid dienone is 3. The minimum absolute atomic E-state index is 0.0212. The smallest absolute Gasteiger partial charge is 0.124 e. The molecule has 2 aliphatic carbocycles. The molecule has 185 valence electrons. The van der Waals surface area contributed by atoms with Crippen molar-refractivity contribution in [1.82, 2.24) is 10.6 Å². The van der Waals surface area contributed by atoms with Gasteiger partial charge in [0, 0.05) is 42.9 Å². The Balaban J connectivity index is 1.89. The summed E-state index contributed by atoms with van der Waals surface area (Å²) in [5, 5.41) is 16.1. The van der Waals surface area contributed by atoms with Crippen molar-refractivity contribution in [2.45, 2.75) is 72.2 Å². The van der Waals surface area contributed by atoms with Crippen molar-refractivity contribution in [1.29, 1.82) is 0 Å². The van der Waals surface area contributed by atoms with Crippen LogP contribution in [0.3, 0.4) is 0 Å². The molecule has 5 nitrogen and oxygen atoms in total. The van der Waals surface area contributed by atoms with E-state index in [-0.39, 0.29) is 18.1 Å². The summed E-state index contributed by atoms with van der Waals surface area (Å²) in [7, 11) is 2.23. The quantitative estimate of drug-likeness (QED) is 0.260. The lowest BCUT2D eigenvalue weighted by Gasteiger charge is -2.38. The highest BCUT2D eigenvalue weighted by Crippen LogP contribution is 2.41. The number of aliphatic hydroxyl groups excluding tert-OH is 1. The molecule has 34 heavy (non-hydrogen) atoms. The Morgan fingerprint density at radius 1 is 1.21 bits per heavy atom. The summed E-state index contributed by atoms with van der Waals surface area (Å²) in [5.74, 6) is 0.931. The third-order valence-electron chi connectivity index (χ3n) is 7.20. The van der Waals surface area contributed by atoms with Crippen LogP contribution in [0, 0.1) is 5.41 Å². The number of rotatable bonds is 13. The number of ether oxygens (including phenoxy) is 1. The van der Waals surface area contributed by atoms with Crippen molar-refractivity contribution in [2.24, 2.45) is 11.1 Å². The minimum Gasteiger partial charge on any atom is -0.489 e. The minimum atomic E-state index is -0.156. The van der Waals surface area contributed by atoms with Crippen molar-refractivity contribution in [3.63, 3.8) is 0 Å². The summed E-state index contributed by atoms with van der Waals surface area (Å²) >= 11 is 0. The van der Waals surface area contributed by atoms with E-state index >= 15 is 0 Å². The lowest BCUT2D eigenvalue weighted by Crippen LogP contribution is -2.37. The van der Waals surface area contributed by atoms with Gasteiger partial charge >= 0.3 is 0 Å². The van der Waals surface area contributed by atoms with Gasteiger partial charge in [-0.15, -0.1) is 0 Å². The van der Waals surface area contributed by atoms with Crippen molar-refractivity contribution < 1.29 is 9.84 Å². The third-order valence-corrected chi connectivity index (χ3v) is 7.20. The van der Waals surface area contributed by atoms with E-state index < -0.39 is 0 Å². The zero-order valence-corrected chi connectivity index (χ0v) is 21.5. The Kier molecular flexibility index (Phi) is 9.87. The molecule has 1 radical (unpaired) electrons. The van der Waals surface area contributed by atoms with Gasteiger partial charge in [-0.05, 0) is 61.4 Å². The van der Waals surface area contributed by atoms with Gasteiger partial charge in [0.1, 0.15) is 19.1 Å². The van der Waals surface area contributed by atoms with Crippen LogP contribution in [0.1, 0.15) is 56.7 Å². The number of hydrogen-bond acceptors (Lipinski definition) is 5. The standard InChI is InChI=1S/C28H43BN3O2/c1-20(28(2,3)25-10-9-21(18-29-4)15-26(25)32-12-11-30)34-27-17-23-8-6-5-7-22(23)16-24(27)19-31-13-14-33/h6,8,15-17,20,31-33H,5,7,9-14,18-19,30H2,1-4H3. The van der Waals surface area contributed by atoms with Crippen LogP contribution in [0.25, 0.3) is 6.08 Å². The van der Waals surface area contributed by atoms with E-state index in [4.69, 9.17) is 10.5 Å². The van der Waals surface area contributed by atoms with Crippen LogP contribution in [-0.2, 0) is 13.0 Å². The molecule has 0 saturated carbocycles. The van der Waals surface area contributed by atoms with E-state index in [1.165, 1.54) is 28.0 Å². The molecule has 0 spiro atoms. The van der Waals surface area contributed by atoms with Gasteiger partial charge in [0.25, 0.3) is 0 Å². The second-order valence-electron chi connectivity index (χ2n) is 10.0. The average molecular weight is 464 g/mol. The topological polar surface area (TPSA) is 79.5 Å². The molecular formula is C28H43BN3O2. The van der Waals surface area contributed by atoms with Crippen molar-refractivity contribution in [3.8, 4) is 5.75 Å². The summed E-state index contributed by atoms with van der Waals surface area (Å²) in [5.41, 5.74) is 13.5. The zero-order valence-electron chi connectivity index (χ0n) is 21.5. The predicted octanol–water partition coefficient (Wildman–Crippen LogP) is 4.21. The van der Waals surface area contributed by atoms with Gasteiger partial charge < -0.3 is 26.2 Å². The Labute approximate surface area is 207 Å². The molecule has 0 amide bonds. The van der Waals surface area contributed by atoms with E-state index in [1.54, 1.807) is 0 Å². The highest BCUT2D eigenvalue weighted by atomic mass is 16.5. The normalized spacial score (nSPS) is 16.7. The van der Waals surface area contributed by atoms with Crippen LogP contribution >= 0.6 is 0 Å². The summed E-state index contributed by atoms with van der Waals surface area (Å²) in [6.07, 6.45) is 12.1. The predicted molar refractivity (Wildman–Crippen MR) is 144 cm³/mol. The van der Waals surface area contributed by atoms with E-state index in [0.29, 0.717) is 19.6 Å². The molecule has 1 aromatic rings. The fourth-order valence-corrected chi connectivity index (χ4v) is 4.89. The number of nitrogens with one attached hydrogen (secondary N) is 2. The molecule has 0 bridgehead atoms. The Bertz CT molecular complexity index is 920. The molecule has 0 heterocycles. The molecule has 0 fully saturated rings. The highest BCUT2D eigenvalue weighted by molar-refractivity contribution is 6.34. The van der Waals surface area contributed by atoms with Gasteiger partial charge in [0.05, 0.1) is 6.61 Å². The first-order chi connectivity index (χ1) is 16.4. The van der Waals surface area contributed by atoms with Crippen LogP contribution in [0.15, 0.2) is 41.1 Å². The monoisotopic (exact) mass is 464 g/mol. The van der Waals surface area contributed by atoms with Crippen molar-refractivity contribution >= 4 is 13.4 Å². The van der Waals surface area contributed by atoms with Crippen molar-refractivity contribution in [3.05, 3.63) is 57.8 Å². The largest absolute Gasteiger partial charge is 0.489 e. The van der Waals surface area contributed by atoms with Gasteiger partial charge in [-0.2, -0.15) is 0 Å². The molecule has 2 aliphatic rings. The third kappa shape index (κ3) is 6.56. The van der Waals surface area contributed by atoms with Crippen molar-refractivity contribution in [2.75, 3.05) is 26.2 Å². The molecule has 6 heteroatoms. The molecule has 0 saturated heterocycles. The second kappa shape index (κ2) is 12.6. The van der Waals surface area contributed by atoms with Crippen LogP contribution in [0.4, 0.5) is 0 Å². The number of hydrogen-bond donors (Lipinski definition) is 4. The van der Waals surface area contributed by atoms with Gasteiger partial charge in [-0.25, -0.2) is 0 Å². The number of nitrogens with two attached hydrogens (primary N) is 1. The fraction of sp³-hybridized carbons (Fsp3) is 0.571. The summed E-state index contributed by atoms with van der Waals surface area (Å²) in [4.78, 5) is 0. The number of aryl methyl sites for hydroxylation is 1. The SMILES string of the molecule is C[B]CC1=CC(NCCN)=C(C(C)(C)C(C)Oc2cc3c(cc2CNCCO)CCC=C3)CC1. The van der Waals surface area contributed by atoms with E-state index in [0.717, 1.165) is 49.9 Å². The maximum atomic E-state index is 9.21. The molecule has 1 unspecified atom stereocenters. The highest BCUT2D eigenvalue weighted by Gasteiger charge is 2.35. The number of fused-ring (bicyclic) bond motifs is 1. The van der Waals surface area contributed by atoms with E-state index in [1.807, 2.05) is 0 Å². The first-order valence-corrected chi connectivity index (χ1v) is 12.9. The van der Waals surface area contributed by atoms with E-state index in [9.17, 15) is 5.11 Å². The van der Waals surface area contributed by atoms with Gasteiger partial charge in [-0.1, -0.05) is 50.8 Å². The summed E-state index contributed by atoms with van der Waals surface area (Å²) < 4.78 is 6.74. The summed E-state index contributed by atoms with van der Waals surface area (Å²) in [6, 6.07) is 4.48. The maximum Gasteiger partial charge on any atom is 0.124 e. The molecular weight excluding hydrogens is 421 g/mol. The number of aliphatic hydroxyl groups is 1. The average Bonchev–Trinajstić information content (AvgIpc) is 2.83. The van der Waals surface area contributed by atoms with Crippen LogP contribution in [0.5, 0.6) is 5.75 Å². The maximum absolute atomic E-state index is 9.21. The zero-order chi connectivity index (χ0) is 24.6. The second-order valence-corrected chi connectivity index (χ2v) is 10.0. The van der Waals surface area contributed by atoms with Gasteiger partial charge in [-0.3, -0.25) is 0 Å². The van der Waals surface area contributed by atoms with Gasteiger partial charge in [0.2, 0.25) is 0 Å². The lowest BCUT2D eigenvalue weighted by atomic mass is 9.69. The first kappa shape index (κ1) is 26.6. The molecule has 1 aromatic carbocycles. The van der Waals surface area contributed by atoms with Gasteiger partial charge in [0.15, 0.2) is 0 Å². The Morgan fingerprint density at radius 2 is 2.03 bits per heavy atom. The van der Waals surface area contributed by atoms with Crippen LogP contribution in [-0.4, -0.2) is 44.7 Å². The fourth-order valence-electron chi connectivity index (χ4n) is 4.89. The molecule has 5 N–H and O–H groups in total. The first-order valence-electron chi connectivity index (χ1n) is 12.9. The molecule has 3 rings (SSSR count). The van der Waals surface area contributed by atoms with E-state index in [2.05, 4.69) is 75.9 Å². The van der Waals surface area contributed by atoms with Crippen LogP contribution < -0.4 is 21.1 Å². The molecule has 0 aromatic heterocycles. The van der Waals surface area contributed by atoms with Crippen LogP contribution in [0.2, 0.25) is 13.1 Å². The Morgan fingerprint density at radius 3 is 2.76 bits per heavy atom. The number of benzene rings is 1. The molecule has 1 atom stereocenters. The Hall–Kier alpha value is -2.02. The lowest BCUT2D eigenvalue weighted by molar-refractivity contribution is 0.110.